The molecule has 140 valence electrons. The van der Waals surface area contributed by atoms with E-state index in [1.54, 1.807) is 29.6 Å². The Kier molecular flexibility index (Phi) is 5.31. The normalized spacial score (nSPS) is 10.7. The molecule has 0 bridgehead atoms. The minimum atomic E-state index is -1.72. The zero-order chi connectivity index (χ0) is 19.6. The van der Waals surface area contributed by atoms with Gasteiger partial charge in [0.25, 0.3) is 5.91 Å². The topological polar surface area (TPSA) is 56.2 Å². The van der Waals surface area contributed by atoms with Crippen LogP contribution in [0.3, 0.4) is 0 Å². The number of anilines is 1. The quantitative estimate of drug-likeness (QED) is 0.511. The average Bonchev–Trinajstić information content (AvgIpc) is 3.11. The second-order valence-electron chi connectivity index (χ2n) is 5.27. The third-order valence-electron chi connectivity index (χ3n) is 3.38. The van der Waals surface area contributed by atoms with Gasteiger partial charge in [0.15, 0.2) is 35.7 Å². The highest BCUT2D eigenvalue weighted by molar-refractivity contribution is 6.30. The minimum absolute atomic E-state index is 0.0439. The van der Waals surface area contributed by atoms with Gasteiger partial charge in [0.2, 0.25) is 0 Å². The standard InChI is InChI=1S/C17H10ClF4N3O2/c18-9-2-1-3-10(6-9)27-8-25-5-4-13(24-25)17(26)23-16-14(21)11(19)7-12(20)15(16)22/h1-7H,8H2,(H,23,26). The van der Waals surface area contributed by atoms with E-state index in [0.29, 0.717) is 10.8 Å². The average molecular weight is 400 g/mol. The van der Waals surface area contributed by atoms with Crippen LogP contribution in [0.5, 0.6) is 5.75 Å². The molecule has 0 spiro atoms. The van der Waals surface area contributed by atoms with E-state index in [0.717, 1.165) is 0 Å². The highest BCUT2D eigenvalue weighted by Crippen LogP contribution is 2.24. The number of rotatable bonds is 5. The van der Waals surface area contributed by atoms with Crippen LogP contribution in [0.1, 0.15) is 10.5 Å². The molecule has 0 aliphatic rings. The van der Waals surface area contributed by atoms with Crippen LogP contribution in [0.25, 0.3) is 0 Å². The number of hydrogen-bond donors (Lipinski definition) is 1. The van der Waals surface area contributed by atoms with E-state index in [1.807, 2.05) is 0 Å². The molecule has 0 aliphatic carbocycles. The van der Waals surface area contributed by atoms with Gasteiger partial charge in [-0.05, 0) is 24.3 Å². The maximum absolute atomic E-state index is 13.6. The van der Waals surface area contributed by atoms with Gasteiger partial charge in [0.1, 0.15) is 11.4 Å². The molecule has 0 fully saturated rings. The lowest BCUT2D eigenvalue weighted by Crippen LogP contribution is -2.17. The lowest BCUT2D eigenvalue weighted by molar-refractivity contribution is 0.101. The van der Waals surface area contributed by atoms with Crippen LogP contribution in [0.4, 0.5) is 23.2 Å². The van der Waals surface area contributed by atoms with Crippen LogP contribution >= 0.6 is 11.6 Å². The van der Waals surface area contributed by atoms with Crippen LogP contribution in [0, 0.1) is 23.3 Å². The molecule has 1 heterocycles. The molecule has 0 radical (unpaired) electrons. The van der Waals surface area contributed by atoms with Crippen molar-refractivity contribution in [3.8, 4) is 5.75 Å². The molecule has 0 unspecified atom stereocenters. The van der Waals surface area contributed by atoms with Crippen molar-refractivity contribution in [3.05, 3.63) is 76.6 Å². The van der Waals surface area contributed by atoms with Crippen molar-refractivity contribution in [1.29, 1.82) is 0 Å². The Morgan fingerprint density at radius 2 is 1.81 bits per heavy atom. The molecule has 27 heavy (non-hydrogen) atoms. The number of carbonyl (C=O) groups is 1. The number of ether oxygens (including phenoxy) is 1. The van der Waals surface area contributed by atoms with Crippen molar-refractivity contribution in [2.45, 2.75) is 6.73 Å². The number of amides is 1. The predicted molar refractivity (Wildman–Crippen MR) is 88.5 cm³/mol. The van der Waals surface area contributed by atoms with Crippen LogP contribution < -0.4 is 10.1 Å². The van der Waals surface area contributed by atoms with E-state index in [4.69, 9.17) is 16.3 Å². The Morgan fingerprint density at radius 3 is 2.48 bits per heavy atom. The van der Waals surface area contributed by atoms with Gasteiger partial charge in [-0.3, -0.25) is 4.79 Å². The molecule has 1 aromatic heterocycles. The maximum atomic E-state index is 13.6. The summed E-state index contributed by atoms with van der Waals surface area (Å²) in [5.41, 5.74) is -1.48. The number of benzene rings is 2. The van der Waals surface area contributed by atoms with Crippen molar-refractivity contribution in [1.82, 2.24) is 9.78 Å². The number of nitrogens with one attached hydrogen (secondary N) is 1. The smallest absolute Gasteiger partial charge is 0.276 e. The van der Waals surface area contributed by atoms with Gasteiger partial charge in [0.05, 0.1) is 0 Å². The first kappa shape index (κ1) is 18.7. The number of hydrogen-bond acceptors (Lipinski definition) is 3. The second kappa shape index (κ2) is 7.67. The lowest BCUT2D eigenvalue weighted by atomic mass is 10.2. The van der Waals surface area contributed by atoms with Gasteiger partial charge in [-0.25, -0.2) is 22.2 Å². The van der Waals surface area contributed by atoms with Crippen LogP contribution in [0.15, 0.2) is 42.6 Å². The second-order valence-corrected chi connectivity index (χ2v) is 5.70. The molecule has 0 aliphatic heterocycles. The summed E-state index contributed by atoms with van der Waals surface area (Å²) in [5, 5.41) is 6.10. The molecule has 5 nitrogen and oxygen atoms in total. The number of nitrogens with zero attached hydrogens (tertiary/aromatic N) is 2. The fourth-order valence-electron chi connectivity index (χ4n) is 2.11. The summed E-state index contributed by atoms with van der Waals surface area (Å²) >= 11 is 5.83. The van der Waals surface area contributed by atoms with Gasteiger partial charge >= 0.3 is 0 Å². The van der Waals surface area contributed by atoms with Crippen molar-refractivity contribution in [2.24, 2.45) is 0 Å². The first-order valence-corrected chi connectivity index (χ1v) is 7.79. The van der Waals surface area contributed by atoms with Crippen molar-refractivity contribution in [3.63, 3.8) is 0 Å². The van der Waals surface area contributed by atoms with Gasteiger partial charge in [-0.15, -0.1) is 0 Å². The molecule has 1 N–H and O–H groups in total. The molecular weight excluding hydrogens is 390 g/mol. The summed E-state index contributed by atoms with van der Waals surface area (Å²) in [4.78, 5) is 12.0. The van der Waals surface area contributed by atoms with E-state index in [2.05, 4.69) is 5.10 Å². The van der Waals surface area contributed by atoms with Crippen molar-refractivity contribution < 1.29 is 27.1 Å². The molecule has 2 aromatic carbocycles. The SMILES string of the molecule is O=C(Nc1c(F)c(F)cc(F)c1F)c1ccn(COc2cccc(Cl)c2)n1. The Balaban J connectivity index is 1.70. The third-order valence-corrected chi connectivity index (χ3v) is 3.62. The number of halogens is 5. The van der Waals surface area contributed by atoms with Crippen molar-refractivity contribution in [2.75, 3.05) is 5.32 Å². The Labute approximate surface area is 155 Å². The molecular formula is C17H10ClF4N3O2. The summed E-state index contributed by atoms with van der Waals surface area (Å²) in [7, 11) is 0. The van der Waals surface area contributed by atoms with Gasteiger partial charge in [0, 0.05) is 17.3 Å². The number of carbonyl (C=O) groups excluding carboxylic acids is 1. The van der Waals surface area contributed by atoms with Gasteiger partial charge in [-0.2, -0.15) is 5.10 Å². The Bertz CT molecular complexity index is 984. The Hall–Kier alpha value is -3.07. The molecule has 3 rings (SSSR count). The zero-order valence-corrected chi connectivity index (χ0v) is 14.1. The molecule has 10 heteroatoms. The first-order valence-electron chi connectivity index (χ1n) is 7.41. The summed E-state index contributed by atoms with van der Waals surface area (Å²) in [6, 6.07) is 7.86. The number of aromatic nitrogens is 2. The lowest BCUT2D eigenvalue weighted by Gasteiger charge is -2.08. The fourth-order valence-corrected chi connectivity index (χ4v) is 2.29. The monoisotopic (exact) mass is 399 g/mol. The van der Waals surface area contributed by atoms with E-state index in [9.17, 15) is 22.4 Å². The molecule has 0 saturated heterocycles. The van der Waals surface area contributed by atoms with Crippen LogP contribution in [-0.2, 0) is 6.73 Å². The van der Waals surface area contributed by atoms with E-state index < -0.39 is 34.9 Å². The highest BCUT2D eigenvalue weighted by Gasteiger charge is 2.22. The third kappa shape index (κ3) is 4.20. The molecule has 3 aromatic rings. The van der Waals surface area contributed by atoms with E-state index in [-0.39, 0.29) is 18.5 Å². The highest BCUT2D eigenvalue weighted by atomic mass is 35.5. The molecule has 0 saturated carbocycles. The first-order chi connectivity index (χ1) is 12.8. The maximum Gasteiger partial charge on any atom is 0.276 e. The van der Waals surface area contributed by atoms with Gasteiger partial charge < -0.3 is 10.1 Å². The minimum Gasteiger partial charge on any atom is -0.471 e. The van der Waals surface area contributed by atoms with E-state index >= 15 is 0 Å². The van der Waals surface area contributed by atoms with Crippen LogP contribution in [-0.4, -0.2) is 15.7 Å². The van der Waals surface area contributed by atoms with Crippen LogP contribution in [0.2, 0.25) is 5.02 Å². The van der Waals surface area contributed by atoms with Crippen molar-refractivity contribution >= 4 is 23.2 Å². The summed E-state index contributed by atoms with van der Waals surface area (Å²) in [6.45, 7) is -0.0784. The predicted octanol–water partition coefficient (Wildman–Crippen LogP) is 4.38. The van der Waals surface area contributed by atoms with Gasteiger partial charge in [-0.1, -0.05) is 17.7 Å². The summed E-state index contributed by atoms with van der Waals surface area (Å²) in [6.07, 6.45) is 1.37. The zero-order valence-electron chi connectivity index (χ0n) is 13.3. The Morgan fingerprint density at radius 1 is 1.11 bits per heavy atom. The summed E-state index contributed by atoms with van der Waals surface area (Å²) in [5.74, 6) is -7.30. The molecule has 0 atom stereocenters. The fraction of sp³-hybridized carbons (Fsp3) is 0.0588. The largest absolute Gasteiger partial charge is 0.471 e. The summed E-state index contributed by atoms with van der Waals surface area (Å²) < 4.78 is 60.3. The van der Waals surface area contributed by atoms with E-state index in [1.165, 1.54) is 16.9 Å². The molecule has 1 amide bonds.